The number of nitro groups is 1. The number of non-ortho nitro benzene ring substituents is 1. The molecule has 0 saturated heterocycles. The average Bonchev–Trinajstić information content (AvgIpc) is 2.63. The summed E-state index contributed by atoms with van der Waals surface area (Å²) in [6.45, 7) is 1.49. The predicted octanol–water partition coefficient (Wildman–Crippen LogP) is 2.29. The van der Waals surface area contributed by atoms with Crippen molar-refractivity contribution in [2.45, 2.75) is 6.92 Å². The topological polar surface area (TPSA) is 93.0 Å². The fourth-order valence-corrected chi connectivity index (χ4v) is 2.63. The SMILES string of the molecule is Cc1ccc(N(C)C(=O)CN2C(=O)COc3ccc([N+](=O)[O-])cc32)cc1. The van der Waals surface area contributed by atoms with E-state index >= 15 is 0 Å². The van der Waals surface area contributed by atoms with Gasteiger partial charge in [-0.15, -0.1) is 0 Å². The highest BCUT2D eigenvalue weighted by Gasteiger charge is 2.30. The molecule has 1 aliphatic rings. The van der Waals surface area contributed by atoms with E-state index < -0.39 is 10.8 Å². The molecule has 0 aromatic heterocycles. The van der Waals surface area contributed by atoms with Crippen LogP contribution in [0.4, 0.5) is 17.1 Å². The highest BCUT2D eigenvalue weighted by molar-refractivity contribution is 6.05. The molecule has 26 heavy (non-hydrogen) atoms. The Kier molecular flexibility index (Phi) is 4.57. The lowest BCUT2D eigenvalue weighted by Crippen LogP contribution is -2.45. The lowest BCUT2D eigenvalue weighted by atomic mass is 10.2. The number of nitro benzene ring substituents is 1. The van der Waals surface area contributed by atoms with E-state index in [1.807, 2.05) is 31.2 Å². The van der Waals surface area contributed by atoms with Gasteiger partial charge in [0.05, 0.1) is 10.6 Å². The van der Waals surface area contributed by atoms with E-state index in [1.54, 1.807) is 7.05 Å². The third kappa shape index (κ3) is 3.34. The number of anilines is 2. The molecule has 1 heterocycles. The van der Waals surface area contributed by atoms with Gasteiger partial charge < -0.3 is 9.64 Å². The largest absolute Gasteiger partial charge is 0.482 e. The minimum atomic E-state index is -0.558. The summed E-state index contributed by atoms with van der Waals surface area (Å²) in [5.74, 6) is -0.411. The summed E-state index contributed by atoms with van der Waals surface area (Å²) in [6.07, 6.45) is 0. The predicted molar refractivity (Wildman–Crippen MR) is 95.5 cm³/mol. The van der Waals surface area contributed by atoms with E-state index in [9.17, 15) is 19.7 Å². The van der Waals surface area contributed by atoms with Crippen LogP contribution in [0.3, 0.4) is 0 Å². The van der Waals surface area contributed by atoms with Crippen molar-refractivity contribution in [1.29, 1.82) is 0 Å². The van der Waals surface area contributed by atoms with Crippen molar-refractivity contribution in [2.75, 3.05) is 30.0 Å². The van der Waals surface area contributed by atoms with E-state index in [0.29, 0.717) is 11.4 Å². The van der Waals surface area contributed by atoms with Gasteiger partial charge >= 0.3 is 0 Å². The number of carbonyl (C=O) groups excluding carboxylic acids is 2. The molecule has 3 rings (SSSR count). The van der Waals surface area contributed by atoms with Gasteiger partial charge in [-0.2, -0.15) is 0 Å². The van der Waals surface area contributed by atoms with Crippen LogP contribution >= 0.6 is 0 Å². The van der Waals surface area contributed by atoms with Crippen molar-refractivity contribution < 1.29 is 19.2 Å². The van der Waals surface area contributed by atoms with Crippen LogP contribution in [0.1, 0.15) is 5.56 Å². The van der Waals surface area contributed by atoms with Crippen molar-refractivity contribution in [2.24, 2.45) is 0 Å². The van der Waals surface area contributed by atoms with Crippen LogP contribution in [-0.4, -0.2) is 36.9 Å². The Balaban J connectivity index is 1.86. The third-order valence-corrected chi connectivity index (χ3v) is 4.19. The summed E-state index contributed by atoms with van der Waals surface area (Å²) in [6, 6.07) is 11.4. The van der Waals surface area contributed by atoms with Gasteiger partial charge in [0.25, 0.3) is 11.6 Å². The number of amides is 2. The summed E-state index contributed by atoms with van der Waals surface area (Å²) < 4.78 is 5.30. The Hall–Kier alpha value is -3.42. The molecule has 0 unspecified atom stereocenters. The van der Waals surface area contributed by atoms with Gasteiger partial charge in [-0.25, -0.2) is 0 Å². The van der Waals surface area contributed by atoms with Gasteiger partial charge in [0, 0.05) is 24.9 Å². The minimum Gasteiger partial charge on any atom is -0.482 e. The van der Waals surface area contributed by atoms with Gasteiger partial charge in [-0.05, 0) is 25.1 Å². The minimum absolute atomic E-state index is 0.175. The summed E-state index contributed by atoms with van der Waals surface area (Å²) in [5, 5.41) is 11.0. The number of benzene rings is 2. The summed E-state index contributed by atoms with van der Waals surface area (Å²) >= 11 is 0. The van der Waals surface area contributed by atoms with E-state index in [-0.39, 0.29) is 30.4 Å². The standard InChI is InChI=1S/C18H17N3O5/c1-12-3-5-13(6-4-12)19(2)17(22)10-20-15-9-14(21(24)25)7-8-16(15)26-11-18(20)23/h3-9H,10-11H2,1-2H3. The second-order valence-electron chi connectivity index (χ2n) is 5.97. The molecule has 0 bridgehead atoms. The van der Waals surface area contributed by atoms with Crippen molar-refractivity contribution in [1.82, 2.24) is 0 Å². The number of hydrogen-bond donors (Lipinski definition) is 0. The number of rotatable bonds is 4. The number of hydrogen-bond acceptors (Lipinski definition) is 5. The summed E-state index contributed by atoms with van der Waals surface area (Å²) in [4.78, 5) is 38.0. The molecule has 8 heteroatoms. The number of carbonyl (C=O) groups is 2. The lowest BCUT2D eigenvalue weighted by Gasteiger charge is -2.30. The zero-order valence-corrected chi connectivity index (χ0v) is 14.3. The van der Waals surface area contributed by atoms with Gasteiger partial charge in [-0.1, -0.05) is 17.7 Å². The fourth-order valence-electron chi connectivity index (χ4n) is 2.63. The first kappa shape index (κ1) is 17.4. The van der Waals surface area contributed by atoms with Crippen LogP contribution in [-0.2, 0) is 9.59 Å². The van der Waals surface area contributed by atoms with Crippen molar-refractivity contribution in [3.8, 4) is 5.75 Å². The fraction of sp³-hybridized carbons (Fsp3) is 0.222. The van der Waals surface area contributed by atoms with Crippen LogP contribution in [0.5, 0.6) is 5.75 Å². The highest BCUT2D eigenvalue weighted by atomic mass is 16.6. The van der Waals surface area contributed by atoms with Crippen molar-refractivity contribution in [3.05, 3.63) is 58.1 Å². The Morgan fingerprint density at radius 2 is 1.96 bits per heavy atom. The molecule has 0 N–H and O–H groups in total. The van der Waals surface area contributed by atoms with Crippen LogP contribution < -0.4 is 14.5 Å². The number of nitrogens with zero attached hydrogens (tertiary/aromatic N) is 3. The monoisotopic (exact) mass is 355 g/mol. The maximum Gasteiger partial charge on any atom is 0.271 e. The third-order valence-electron chi connectivity index (χ3n) is 4.19. The van der Waals surface area contributed by atoms with Crippen LogP contribution in [0.15, 0.2) is 42.5 Å². The van der Waals surface area contributed by atoms with E-state index in [0.717, 1.165) is 5.56 Å². The zero-order valence-electron chi connectivity index (χ0n) is 14.3. The van der Waals surface area contributed by atoms with Crippen LogP contribution in [0.25, 0.3) is 0 Å². The molecule has 0 aliphatic carbocycles. The molecular weight excluding hydrogens is 338 g/mol. The molecule has 2 aromatic carbocycles. The smallest absolute Gasteiger partial charge is 0.271 e. The second-order valence-corrected chi connectivity index (χ2v) is 5.97. The number of likely N-dealkylation sites (N-methyl/N-ethyl adjacent to an activating group) is 1. The first-order valence-electron chi connectivity index (χ1n) is 7.91. The normalized spacial score (nSPS) is 13.0. The number of fused-ring (bicyclic) bond motifs is 1. The zero-order chi connectivity index (χ0) is 18.8. The lowest BCUT2D eigenvalue weighted by molar-refractivity contribution is -0.384. The van der Waals surface area contributed by atoms with E-state index in [4.69, 9.17) is 4.74 Å². The highest BCUT2D eigenvalue weighted by Crippen LogP contribution is 2.35. The molecule has 0 fully saturated rings. The molecule has 0 spiro atoms. The summed E-state index contributed by atoms with van der Waals surface area (Å²) in [7, 11) is 1.62. The maximum atomic E-state index is 12.6. The Labute approximate surface area is 149 Å². The van der Waals surface area contributed by atoms with Crippen molar-refractivity contribution >= 4 is 28.9 Å². The molecule has 0 atom stereocenters. The quantitative estimate of drug-likeness (QED) is 0.620. The molecular formula is C18H17N3O5. The van der Waals surface area contributed by atoms with Gasteiger partial charge in [0.15, 0.2) is 6.61 Å². The van der Waals surface area contributed by atoms with Crippen LogP contribution in [0.2, 0.25) is 0 Å². The average molecular weight is 355 g/mol. The maximum absolute atomic E-state index is 12.6. The Morgan fingerprint density at radius 1 is 1.27 bits per heavy atom. The number of ether oxygens (including phenoxy) is 1. The first-order valence-corrected chi connectivity index (χ1v) is 7.91. The molecule has 1 aliphatic heterocycles. The Bertz CT molecular complexity index is 879. The van der Waals surface area contributed by atoms with Gasteiger partial charge in [-0.3, -0.25) is 24.6 Å². The molecule has 8 nitrogen and oxygen atoms in total. The molecule has 0 radical (unpaired) electrons. The first-order chi connectivity index (χ1) is 12.4. The van der Waals surface area contributed by atoms with Crippen LogP contribution in [0, 0.1) is 17.0 Å². The molecule has 2 aromatic rings. The molecule has 2 amide bonds. The van der Waals surface area contributed by atoms with Gasteiger partial charge in [0.2, 0.25) is 5.91 Å². The Morgan fingerprint density at radius 3 is 2.62 bits per heavy atom. The van der Waals surface area contributed by atoms with Crippen molar-refractivity contribution in [3.63, 3.8) is 0 Å². The number of aryl methyl sites for hydroxylation is 1. The van der Waals surface area contributed by atoms with Gasteiger partial charge in [0.1, 0.15) is 12.3 Å². The van der Waals surface area contributed by atoms with E-state index in [1.165, 1.54) is 28.0 Å². The van der Waals surface area contributed by atoms with E-state index in [2.05, 4.69) is 0 Å². The summed E-state index contributed by atoms with van der Waals surface area (Å²) in [5.41, 5.74) is 1.81. The second kappa shape index (κ2) is 6.83. The molecule has 134 valence electrons. The molecule has 0 saturated carbocycles.